The standard InChI is InChI=1S/C20H31N3O2/c1-22(16-20(25)10-2-3-11-20)19(24)21-18-8-6-7-17(15-18)9-14-23-12-4-5-13-23/h6-8,15,25H,2-5,9-14,16H2,1H3,(H,21,24). The number of aliphatic hydroxyl groups is 1. The molecule has 1 aromatic rings. The molecule has 0 radical (unpaired) electrons. The Hall–Kier alpha value is -1.59. The average molecular weight is 345 g/mol. The molecule has 3 rings (SSSR count). The van der Waals surface area contributed by atoms with Crippen LogP contribution in [0, 0.1) is 0 Å². The molecular weight excluding hydrogens is 314 g/mol. The van der Waals surface area contributed by atoms with Gasteiger partial charge in [0.1, 0.15) is 0 Å². The van der Waals surface area contributed by atoms with Crippen LogP contribution in [0.2, 0.25) is 0 Å². The zero-order valence-electron chi connectivity index (χ0n) is 15.3. The molecule has 1 aliphatic heterocycles. The SMILES string of the molecule is CN(CC1(O)CCCC1)C(=O)Nc1cccc(CCN2CCCC2)c1. The molecule has 2 fully saturated rings. The van der Waals surface area contributed by atoms with Crippen LogP contribution in [0.15, 0.2) is 24.3 Å². The van der Waals surface area contributed by atoms with Crippen LogP contribution in [0.3, 0.4) is 0 Å². The lowest BCUT2D eigenvalue weighted by atomic mass is 10.0. The molecule has 138 valence electrons. The Balaban J connectivity index is 1.51. The minimum atomic E-state index is -0.705. The fraction of sp³-hybridized carbons (Fsp3) is 0.650. The molecule has 2 aliphatic rings. The van der Waals surface area contributed by atoms with Crippen molar-refractivity contribution in [3.05, 3.63) is 29.8 Å². The first kappa shape index (κ1) is 18.2. The van der Waals surface area contributed by atoms with Crippen molar-refractivity contribution in [1.82, 2.24) is 9.80 Å². The third-order valence-electron chi connectivity index (χ3n) is 5.51. The number of likely N-dealkylation sites (N-methyl/N-ethyl adjacent to an activating group) is 1. The monoisotopic (exact) mass is 345 g/mol. The molecule has 1 aliphatic carbocycles. The minimum absolute atomic E-state index is 0.156. The van der Waals surface area contributed by atoms with E-state index in [0.717, 1.165) is 44.3 Å². The van der Waals surface area contributed by atoms with Gasteiger partial charge in [-0.25, -0.2) is 4.79 Å². The number of amides is 2. The van der Waals surface area contributed by atoms with Gasteiger partial charge >= 0.3 is 6.03 Å². The lowest BCUT2D eigenvalue weighted by Crippen LogP contribution is -2.43. The average Bonchev–Trinajstić information content (AvgIpc) is 3.25. The fourth-order valence-corrected chi connectivity index (χ4v) is 4.02. The fourth-order valence-electron chi connectivity index (χ4n) is 4.02. The summed E-state index contributed by atoms with van der Waals surface area (Å²) in [6.07, 6.45) is 7.31. The normalized spacial score (nSPS) is 19.9. The third kappa shape index (κ3) is 5.19. The first-order valence-electron chi connectivity index (χ1n) is 9.60. The number of carbonyl (C=O) groups excluding carboxylic acids is 1. The van der Waals surface area contributed by atoms with E-state index in [2.05, 4.69) is 22.3 Å². The van der Waals surface area contributed by atoms with Crippen molar-refractivity contribution in [3.8, 4) is 0 Å². The number of benzene rings is 1. The van der Waals surface area contributed by atoms with Gasteiger partial charge in [0.05, 0.1) is 12.1 Å². The molecule has 0 unspecified atom stereocenters. The molecule has 2 N–H and O–H groups in total. The van der Waals surface area contributed by atoms with E-state index in [1.807, 2.05) is 12.1 Å². The second-order valence-corrected chi connectivity index (χ2v) is 7.72. The second kappa shape index (κ2) is 8.19. The highest BCUT2D eigenvalue weighted by Gasteiger charge is 2.33. The Morgan fingerprint density at radius 3 is 2.68 bits per heavy atom. The number of carbonyl (C=O) groups is 1. The smallest absolute Gasteiger partial charge is 0.321 e. The second-order valence-electron chi connectivity index (χ2n) is 7.72. The number of hydrogen-bond donors (Lipinski definition) is 2. The molecule has 0 aromatic heterocycles. The van der Waals surface area contributed by atoms with Crippen LogP contribution in [0.25, 0.3) is 0 Å². The van der Waals surface area contributed by atoms with Crippen molar-refractivity contribution in [2.75, 3.05) is 38.5 Å². The summed E-state index contributed by atoms with van der Waals surface area (Å²) in [7, 11) is 1.75. The number of urea groups is 1. The van der Waals surface area contributed by atoms with E-state index < -0.39 is 5.60 Å². The maximum absolute atomic E-state index is 12.4. The van der Waals surface area contributed by atoms with E-state index in [1.54, 1.807) is 11.9 Å². The Morgan fingerprint density at radius 2 is 1.96 bits per heavy atom. The van der Waals surface area contributed by atoms with Gasteiger partial charge in [0, 0.05) is 19.3 Å². The molecule has 0 atom stereocenters. The molecular formula is C20H31N3O2. The first-order valence-corrected chi connectivity index (χ1v) is 9.60. The molecule has 0 bridgehead atoms. The van der Waals surface area contributed by atoms with E-state index in [1.165, 1.54) is 31.5 Å². The van der Waals surface area contributed by atoms with Crippen molar-refractivity contribution in [2.45, 2.75) is 50.5 Å². The Labute approximate surface area is 151 Å². The molecule has 1 saturated heterocycles. The van der Waals surface area contributed by atoms with E-state index in [9.17, 15) is 9.90 Å². The molecule has 1 saturated carbocycles. The summed E-state index contributed by atoms with van der Waals surface area (Å²) < 4.78 is 0. The molecule has 5 nitrogen and oxygen atoms in total. The summed E-state index contributed by atoms with van der Waals surface area (Å²) in [5.74, 6) is 0. The zero-order chi connectivity index (χ0) is 17.7. The van der Waals surface area contributed by atoms with Crippen LogP contribution in [-0.2, 0) is 6.42 Å². The number of rotatable bonds is 6. The highest BCUT2D eigenvalue weighted by molar-refractivity contribution is 5.89. The van der Waals surface area contributed by atoms with Gasteiger partial charge < -0.3 is 20.2 Å². The Bertz CT molecular complexity index is 578. The van der Waals surface area contributed by atoms with Gasteiger partial charge in [-0.05, 0) is 62.9 Å². The van der Waals surface area contributed by atoms with Gasteiger partial charge in [0.2, 0.25) is 0 Å². The highest BCUT2D eigenvalue weighted by atomic mass is 16.3. The maximum atomic E-state index is 12.4. The summed E-state index contributed by atoms with van der Waals surface area (Å²) in [5, 5.41) is 13.4. The highest BCUT2D eigenvalue weighted by Crippen LogP contribution is 2.30. The quantitative estimate of drug-likeness (QED) is 0.833. The van der Waals surface area contributed by atoms with Crippen LogP contribution in [-0.4, -0.2) is 59.8 Å². The van der Waals surface area contributed by atoms with Gasteiger partial charge in [-0.3, -0.25) is 0 Å². The Kier molecular flexibility index (Phi) is 5.97. The van der Waals surface area contributed by atoms with E-state index in [4.69, 9.17) is 0 Å². The van der Waals surface area contributed by atoms with Crippen LogP contribution in [0.4, 0.5) is 10.5 Å². The third-order valence-corrected chi connectivity index (χ3v) is 5.51. The number of nitrogens with one attached hydrogen (secondary N) is 1. The van der Waals surface area contributed by atoms with Crippen molar-refractivity contribution >= 4 is 11.7 Å². The van der Waals surface area contributed by atoms with Crippen molar-refractivity contribution in [1.29, 1.82) is 0 Å². The lowest BCUT2D eigenvalue weighted by Gasteiger charge is -2.28. The van der Waals surface area contributed by atoms with E-state index in [0.29, 0.717) is 6.54 Å². The van der Waals surface area contributed by atoms with Gasteiger partial charge in [-0.1, -0.05) is 25.0 Å². The molecule has 1 aromatic carbocycles. The molecule has 25 heavy (non-hydrogen) atoms. The van der Waals surface area contributed by atoms with Crippen LogP contribution < -0.4 is 5.32 Å². The molecule has 0 spiro atoms. The van der Waals surface area contributed by atoms with Crippen molar-refractivity contribution < 1.29 is 9.90 Å². The van der Waals surface area contributed by atoms with Crippen LogP contribution >= 0.6 is 0 Å². The van der Waals surface area contributed by atoms with E-state index in [-0.39, 0.29) is 6.03 Å². The predicted octanol–water partition coefficient (Wildman–Crippen LogP) is 3.09. The summed E-state index contributed by atoms with van der Waals surface area (Å²) in [6.45, 7) is 3.91. The number of anilines is 1. The van der Waals surface area contributed by atoms with Crippen molar-refractivity contribution in [2.24, 2.45) is 0 Å². The minimum Gasteiger partial charge on any atom is -0.388 e. The summed E-state index contributed by atoms with van der Waals surface area (Å²) in [4.78, 5) is 16.5. The van der Waals surface area contributed by atoms with Gasteiger partial charge in [-0.2, -0.15) is 0 Å². The number of nitrogens with zero attached hydrogens (tertiary/aromatic N) is 2. The predicted molar refractivity (Wildman–Crippen MR) is 101 cm³/mol. The van der Waals surface area contributed by atoms with Crippen LogP contribution in [0.5, 0.6) is 0 Å². The molecule has 5 heteroatoms. The maximum Gasteiger partial charge on any atom is 0.321 e. The Morgan fingerprint density at radius 1 is 1.24 bits per heavy atom. The largest absolute Gasteiger partial charge is 0.388 e. The van der Waals surface area contributed by atoms with Gasteiger partial charge in [-0.15, -0.1) is 0 Å². The van der Waals surface area contributed by atoms with Crippen LogP contribution in [0.1, 0.15) is 44.1 Å². The number of hydrogen-bond acceptors (Lipinski definition) is 3. The van der Waals surface area contributed by atoms with Gasteiger partial charge in [0.25, 0.3) is 0 Å². The molecule has 1 heterocycles. The van der Waals surface area contributed by atoms with Crippen molar-refractivity contribution in [3.63, 3.8) is 0 Å². The first-order chi connectivity index (χ1) is 12.0. The molecule has 2 amide bonds. The van der Waals surface area contributed by atoms with Gasteiger partial charge in [0.15, 0.2) is 0 Å². The topological polar surface area (TPSA) is 55.8 Å². The summed E-state index contributed by atoms with van der Waals surface area (Å²) >= 11 is 0. The lowest BCUT2D eigenvalue weighted by molar-refractivity contribution is 0.0261. The number of likely N-dealkylation sites (tertiary alicyclic amines) is 1. The zero-order valence-corrected chi connectivity index (χ0v) is 15.3. The summed E-state index contributed by atoms with van der Waals surface area (Å²) in [6, 6.07) is 7.95. The van der Waals surface area contributed by atoms with E-state index >= 15 is 0 Å². The summed E-state index contributed by atoms with van der Waals surface area (Å²) in [5.41, 5.74) is 1.37.